The van der Waals surface area contributed by atoms with Gasteiger partial charge in [-0.25, -0.2) is 0 Å². The van der Waals surface area contributed by atoms with E-state index in [0.717, 1.165) is 11.3 Å². The van der Waals surface area contributed by atoms with Crippen molar-refractivity contribution in [1.29, 1.82) is 0 Å². The third-order valence-electron chi connectivity index (χ3n) is 3.68. The van der Waals surface area contributed by atoms with E-state index < -0.39 is 5.25 Å². The molecular weight excluding hydrogens is 352 g/mol. The first-order valence-corrected chi connectivity index (χ1v) is 8.80. The number of hydrogen-bond acceptors (Lipinski definition) is 6. The smallest absolute Gasteiger partial charge is 0.240 e. The second kappa shape index (κ2) is 7.92. The molecule has 0 radical (unpaired) electrons. The van der Waals surface area contributed by atoms with Gasteiger partial charge in [0.1, 0.15) is 5.25 Å². The Bertz CT molecular complexity index is 861. The van der Waals surface area contributed by atoms with Crippen LogP contribution in [0.1, 0.15) is 17.7 Å². The van der Waals surface area contributed by atoms with E-state index in [2.05, 4.69) is 27.7 Å². The van der Waals surface area contributed by atoms with Crippen LogP contribution < -0.4 is 16.1 Å². The lowest BCUT2D eigenvalue weighted by molar-refractivity contribution is -0.122. The number of para-hydroxylation sites is 1. The maximum absolute atomic E-state index is 12.2. The van der Waals surface area contributed by atoms with Gasteiger partial charge >= 0.3 is 0 Å². The molecule has 1 aliphatic heterocycles. The van der Waals surface area contributed by atoms with E-state index in [1.165, 1.54) is 18.0 Å². The minimum atomic E-state index is -0.531. The molecule has 2 heterocycles. The van der Waals surface area contributed by atoms with E-state index in [9.17, 15) is 9.59 Å². The van der Waals surface area contributed by atoms with Crippen LogP contribution in [-0.2, 0) is 9.59 Å². The van der Waals surface area contributed by atoms with Crippen molar-refractivity contribution in [2.24, 2.45) is 5.10 Å². The molecule has 26 heavy (non-hydrogen) atoms. The number of carbonyl (C=O) groups is 2. The fourth-order valence-corrected chi connectivity index (χ4v) is 3.23. The van der Waals surface area contributed by atoms with Crippen LogP contribution >= 0.6 is 11.8 Å². The normalized spacial score (nSPS) is 17.8. The van der Waals surface area contributed by atoms with Crippen molar-refractivity contribution >= 4 is 40.1 Å². The van der Waals surface area contributed by atoms with E-state index >= 15 is 0 Å². The summed E-state index contributed by atoms with van der Waals surface area (Å²) in [5, 5.41) is 9.42. The Morgan fingerprint density at radius 1 is 1.35 bits per heavy atom. The van der Waals surface area contributed by atoms with Crippen LogP contribution in [0.25, 0.3) is 5.70 Å². The number of benzene rings is 1. The highest BCUT2D eigenvalue weighted by Crippen LogP contribution is 2.23. The average molecular weight is 370 g/mol. The second-order valence-electron chi connectivity index (χ2n) is 5.65. The summed E-state index contributed by atoms with van der Waals surface area (Å²) in [6, 6.07) is 11.0. The summed E-state index contributed by atoms with van der Waals surface area (Å²) in [4.78, 5) is 24.3. The highest BCUT2D eigenvalue weighted by atomic mass is 32.2. The summed E-state index contributed by atoms with van der Waals surface area (Å²) in [6.07, 6.45) is 1.59. The third-order valence-corrected chi connectivity index (χ3v) is 4.76. The van der Waals surface area contributed by atoms with Crippen LogP contribution in [0.3, 0.4) is 0 Å². The Kier molecular flexibility index (Phi) is 5.43. The molecule has 1 saturated heterocycles. The summed E-state index contributed by atoms with van der Waals surface area (Å²) < 4.78 is 5.19. The van der Waals surface area contributed by atoms with E-state index in [1.54, 1.807) is 12.1 Å². The first-order chi connectivity index (χ1) is 12.5. The number of carbonyl (C=O) groups excluding carboxylic acids is 2. The number of thioether (sulfide) groups is 1. The SMILES string of the molecule is C=C(N/N=C1\NC(=O)[C@H](CC(=O)Nc2ccccc2C)S1)c1ccco1. The molecule has 2 aromatic rings. The number of hydrazone groups is 1. The van der Waals surface area contributed by atoms with E-state index in [-0.39, 0.29) is 18.2 Å². The molecule has 0 spiro atoms. The van der Waals surface area contributed by atoms with Crippen molar-refractivity contribution in [2.45, 2.75) is 18.6 Å². The number of aryl methyl sites for hydroxylation is 1. The summed E-state index contributed by atoms with van der Waals surface area (Å²) in [5.74, 6) is 0.0816. The van der Waals surface area contributed by atoms with Crippen molar-refractivity contribution in [2.75, 3.05) is 5.32 Å². The molecule has 1 aromatic carbocycles. The largest absolute Gasteiger partial charge is 0.463 e. The summed E-state index contributed by atoms with van der Waals surface area (Å²) in [7, 11) is 0. The molecule has 3 rings (SSSR count). The highest BCUT2D eigenvalue weighted by Gasteiger charge is 2.32. The van der Waals surface area contributed by atoms with Crippen molar-refractivity contribution in [3.63, 3.8) is 0 Å². The lowest BCUT2D eigenvalue weighted by Gasteiger charge is -2.09. The van der Waals surface area contributed by atoms with Gasteiger partial charge in [0.2, 0.25) is 11.8 Å². The number of amidine groups is 1. The minimum absolute atomic E-state index is 0.0585. The van der Waals surface area contributed by atoms with Gasteiger partial charge in [-0.15, -0.1) is 5.10 Å². The zero-order valence-electron chi connectivity index (χ0n) is 14.1. The minimum Gasteiger partial charge on any atom is -0.463 e. The van der Waals surface area contributed by atoms with Gasteiger partial charge in [-0.3, -0.25) is 15.0 Å². The molecule has 1 fully saturated rings. The van der Waals surface area contributed by atoms with Gasteiger partial charge in [0.05, 0.1) is 12.0 Å². The van der Waals surface area contributed by atoms with Crippen LogP contribution in [0.4, 0.5) is 5.69 Å². The number of anilines is 1. The van der Waals surface area contributed by atoms with Crippen LogP contribution in [0.2, 0.25) is 0 Å². The molecule has 8 heteroatoms. The average Bonchev–Trinajstić information content (AvgIpc) is 3.25. The highest BCUT2D eigenvalue weighted by molar-refractivity contribution is 8.15. The number of nitrogens with zero attached hydrogens (tertiary/aromatic N) is 1. The van der Waals surface area contributed by atoms with Gasteiger partial charge in [-0.1, -0.05) is 36.5 Å². The fraction of sp³-hybridized carbons (Fsp3) is 0.167. The number of nitrogens with one attached hydrogen (secondary N) is 3. The first kappa shape index (κ1) is 17.8. The second-order valence-corrected chi connectivity index (χ2v) is 6.84. The molecule has 7 nitrogen and oxygen atoms in total. The third kappa shape index (κ3) is 4.34. The molecular formula is C18H18N4O3S. The maximum Gasteiger partial charge on any atom is 0.240 e. The molecule has 1 aromatic heterocycles. The number of furan rings is 1. The Balaban J connectivity index is 1.54. The van der Waals surface area contributed by atoms with Gasteiger partial charge in [0.25, 0.3) is 0 Å². The standard InChI is InChI=1S/C18H18N4O3S/c1-11-6-3-4-7-13(11)19-16(23)10-15-17(24)20-18(26-15)22-21-12(2)14-8-5-9-25-14/h3-9,15,21H,2,10H2,1H3,(H,19,23)(H,20,22,24)/t15-/m0/s1. The van der Waals surface area contributed by atoms with Crippen LogP contribution in [0.5, 0.6) is 0 Å². The van der Waals surface area contributed by atoms with Gasteiger partial charge in [-0.05, 0) is 30.7 Å². The summed E-state index contributed by atoms with van der Waals surface area (Å²) in [5.41, 5.74) is 4.91. The van der Waals surface area contributed by atoms with Crippen LogP contribution in [0.15, 0.2) is 58.8 Å². The molecule has 134 valence electrons. The summed E-state index contributed by atoms with van der Waals surface area (Å²) >= 11 is 1.20. The zero-order chi connectivity index (χ0) is 18.5. The van der Waals surface area contributed by atoms with E-state index in [0.29, 0.717) is 16.6 Å². The zero-order valence-corrected chi connectivity index (χ0v) is 14.9. The van der Waals surface area contributed by atoms with Gasteiger partial charge in [0.15, 0.2) is 10.9 Å². The van der Waals surface area contributed by atoms with Crippen LogP contribution in [0, 0.1) is 6.92 Å². The number of hydrogen-bond donors (Lipinski definition) is 3. The Morgan fingerprint density at radius 3 is 2.88 bits per heavy atom. The Labute approximate surface area is 154 Å². The molecule has 0 aliphatic carbocycles. The molecule has 2 amide bonds. The topological polar surface area (TPSA) is 95.7 Å². The molecule has 0 unspecified atom stereocenters. The lowest BCUT2D eigenvalue weighted by atomic mass is 10.2. The Hall–Kier alpha value is -3.00. The molecule has 1 atom stereocenters. The van der Waals surface area contributed by atoms with Gasteiger partial charge in [0, 0.05) is 12.1 Å². The van der Waals surface area contributed by atoms with Gasteiger partial charge in [-0.2, -0.15) is 0 Å². The predicted molar refractivity (Wildman–Crippen MR) is 102 cm³/mol. The van der Waals surface area contributed by atoms with E-state index in [1.807, 2.05) is 31.2 Å². The quantitative estimate of drug-likeness (QED) is 0.680. The first-order valence-electron chi connectivity index (χ1n) is 7.92. The fourth-order valence-electron chi connectivity index (χ4n) is 2.30. The lowest BCUT2D eigenvalue weighted by Crippen LogP contribution is -2.28. The molecule has 3 N–H and O–H groups in total. The van der Waals surface area contributed by atoms with Gasteiger partial charge < -0.3 is 15.1 Å². The van der Waals surface area contributed by atoms with Crippen molar-refractivity contribution in [3.05, 3.63) is 60.6 Å². The number of rotatable bonds is 6. The molecule has 1 aliphatic rings. The molecule has 0 saturated carbocycles. The monoisotopic (exact) mass is 370 g/mol. The van der Waals surface area contributed by atoms with Crippen LogP contribution in [-0.4, -0.2) is 22.2 Å². The maximum atomic E-state index is 12.2. The Morgan fingerprint density at radius 2 is 2.15 bits per heavy atom. The van der Waals surface area contributed by atoms with E-state index in [4.69, 9.17) is 4.42 Å². The van der Waals surface area contributed by atoms with Crippen molar-refractivity contribution < 1.29 is 14.0 Å². The van der Waals surface area contributed by atoms with Crippen molar-refractivity contribution in [1.82, 2.24) is 10.7 Å². The predicted octanol–water partition coefficient (Wildman–Crippen LogP) is 2.68. The number of amides is 2. The summed E-state index contributed by atoms with van der Waals surface area (Å²) in [6.45, 7) is 5.71. The molecule has 0 bridgehead atoms. The van der Waals surface area contributed by atoms with Crippen molar-refractivity contribution in [3.8, 4) is 0 Å².